The van der Waals surface area contributed by atoms with Crippen LogP contribution in [0.15, 0.2) is 82.6 Å². The summed E-state index contributed by atoms with van der Waals surface area (Å²) in [6.45, 7) is 0. The smallest absolute Gasteiger partial charge is 0.182 e. The minimum atomic E-state index is -3.78. The zero-order valence-corrected chi connectivity index (χ0v) is 18.6. The zero-order chi connectivity index (χ0) is 21.2. The highest BCUT2D eigenvalue weighted by Gasteiger charge is 2.91. The third-order valence-corrected chi connectivity index (χ3v) is 14.2. The average Bonchev–Trinajstić information content (AvgIpc) is 3.16. The summed E-state index contributed by atoms with van der Waals surface area (Å²) in [7, 11) is -7.57. The maximum Gasteiger partial charge on any atom is 0.182 e. The molecule has 7 rings (SSSR count). The molecule has 160 valence electrons. The van der Waals surface area contributed by atoms with E-state index >= 15 is 0 Å². The summed E-state index contributed by atoms with van der Waals surface area (Å²) in [6.07, 6.45) is 7.39. The van der Waals surface area contributed by atoms with Gasteiger partial charge in [0.25, 0.3) is 0 Å². The van der Waals surface area contributed by atoms with Gasteiger partial charge < -0.3 is 0 Å². The number of fused-ring (bicyclic) bond motifs is 4. The van der Waals surface area contributed by atoms with Crippen molar-refractivity contribution >= 4 is 19.7 Å². The maximum atomic E-state index is 14.0. The van der Waals surface area contributed by atoms with Crippen molar-refractivity contribution < 1.29 is 16.8 Å². The van der Waals surface area contributed by atoms with Crippen LogP contribution in [-0.2, 0) is 19.7 Å². The Morgan fingerprint density at radius 1 is 0.613 bits per heavy atom. The normalized spacial score (nSPS) is 43.7. The third-order valence-electron chi connectivity index (χ3n) is 9.54. The van der Waals surface area contributed by atoms with E-state index in [9.17, 15) is 16.8 Å². The fraction of sp³-hybridized carbons (Fsp3) is 0.440. The Bertz CT molecular complexity index is 1230. The first kappa shape index (κ1) is 18.6. The van der Waals surface area contributed by atoms with E-state index in [0.717, 1.165) is 19.3 Å². The first-order valence-corrected chi connectivity index (χ1v) is 14.2. The van der Waals surface area contributed by atoms with Gasteiger partial charge in [0, 0.05) is 0 Å². The van der Waals surface area contributed by atoms with Crippen LogP contribution in [0.3, 0.4) is 0 Å². The van der Waals surface area contributed by atoms with Gasteiger partial charge >= 0.3 is 0 Å². The van der Waals surface area contributed by atoms with Crippen LogP contribution in [0.25, 0.3) is 0 Å². The minimum Gasteiger partial charge on any atom is -0.223 e. The maximum absolute atomic E-state index is 14.0. The lowest BCUT2D eigenvalue weighted by atomic mass is 9.73. The number of hydrogen-bond donors (Lipinski definition) is 0. The van der Waals surface area contributed by atoms with Gasteiger partial charge in [-0.1, -0.05) is 48.6 Å². The van der Waals surface area contributed by atoms with Crippen LogP contribution in [0, 0.1) is 34.5 Å². The SMILES string of the molecule is O=S(=O)(c1ccccc1)[C@@H]1[C@H](S(=O)(=O)c2ccccc2)[C@@H]2C[C@H]1[C@@]13C[C@@]21[C@H]1C=C[C@@H]3C1. The second kappa shape index (κ2) is 5.52. The Morgan fingerprint density at radius 2 is 1.03 bits per heavy atom. The van der Waals surface area contributed by atoms with Crippen LogP contribution in [0.2, 0.25) is 0 Å². The van der Waals surface area contributed by atoms with Gasteiger partial charge in [0.05, 0.1) is 20.3 Å². The van der Waals surface area contributed by atoms with E-state index in [-0.39, 0.29) is 32.5 Å². The molecule has 5 aliphatic rings. The van der Waals surface area contributed by atoms with Gasteiger partial charge in [-0.3, -0.25) is 0 Å². The molecule has 0 aliphatic heterocycles. The molecule has 0 N–H and O–H groups in total. The fourth-order valence-electron chi connectivity index (χ4n) is 8.68. The van der Waals surface area contributed by atoms with Crippen molar-refractivity contribution in [2.24, 2.45) is 34.5 Å². The molecule has 4 bridgehead atoms. The van der Waals surface area contributed by atoms with Crippen LogP contribution < -0.4 is 0 Å². The molecule has 0 radical (unpaired) electrons. The van der Waals surface area contributed by atoms with Crippen LogP contribution >= 0.6 is 0 Å². The Kier molecular flexibility index (Phi) is 3.32. The summed E-state index contributed by atoms with van der Waals surface area (Å²) in [5, 5.41) is -1.73. The van der Waals surface area contributed by atoms with E-state index in [1.807, 2.05) is 0 Å². The molecule has 31 heavy (non-hydrogen) atoms. The lowest BCUT2D eigenvalue weighted by molar-refractivity contribution is 0.209. The van der Waals surface area contributed by atoms with Crippen molar-refractivity contribution in [1.29, 1.82) is 0 Å². The van der Waals surface area contributed by atoms with Crippen molar-refractivity contribution in [3.63, 3.8) is 0 Å². The monoisotopic (exact) mass is 452 g/mol. The number of hydrogen-bond acceptors (Lipinski definition) is 4. The highest BCUT2D eigenvalue weighted by atomic mass is 32.2. The molecule has 0 amide bonds. The minimum absolute atomic E-state index is 0.00626. The second-order valence-electron chi connectivity index (χ2n) is 10.2. The molecule has 2 aromatic rings. The third kappa shape index (κ3) is 1.91. The molecular weight excluding hydrogens is 428 g/mol. The van der Waals surface area contributed by atoms with E-state index < -0.39 is 30.2 Å². The van der Waals surface area contributed by atoms with Gasteiger partial charge in [0.15, 0.2) is 19.7 Å². The highest BCUT2D eigenvalue weighted by molar-refractivity contribution is 7.96. The summed E-state index contributed by atoms with van der Waals surface area (Å²) >= 11 is 0. The predicted molar refractivity (Wildman–Crippen MR) is 117 cm³/mol. The van der Waals surface area contributed by atoms with Gasteiger partial charge in [-0.15, -0.1) is 0 Å². The van der Waals surface area contributed by atoms with Crippen LogP contribution in [-0.4, -0.2) is 27.3 Å². The van der Waals surface area contributed by atoms with E-state index in [1.54, 1.807) is 60.7 Å². The number of rotatable bonds is 4. The lowest BCUT2D eigenvalue weighted by Crippen LogP contribution is -2.50. The van der Waals surface area contributed by atoms with E-state index in [1.165, 1.54) is 0 Å². The summed E-state index contributed by atoms with van der Waals surface area (Å²) in [5.74, 6) is 0.681. The standard InChI is InChI=1S/C25H24O4S2/c26-30(27,18-7-3-1-4-8-18)22-20-14-21(23(22)31(28,29)19-9-5-2-6-10-19)25-15-24(20,25)16-11-12-17(25)13-16/h1-12,16-17,20-23H,13-15H2/t16-,17+,20-,21+,22+,23-,24+,25-. The first-order valence-electron chi connectivity index (χ1n) is 11.1. The summed E-state index contributed by atoms with van der Waals surface area (Å²) in [4.78, 5) is 0.504. The van der Waals surface area contributed by atoms with Crippen molar-refractivity contribution in [1.82, 2.24) is 0 Å². The summed E-state index contributed by atoms with van der Waals surface area (Å²) in [5.41, 5.74) is 0.0125. The predicted octanol–water partition coefficient (Wildman–Crippen LogP) is 3.90. The molecule has 0 unspecified atom stereocenters. The van der Waals surface area contributed by atoms with Crippen LogP contribution in [0.1, 0.15) is 19.3 Å². The Hall–Kier alpha value is -1.92. The lowest BCUT2D eigenvalue weighted by Gasteiger charge is -2.40. The van der Waals surface area contributed by atoms with Crippen molar-refractivity contribution in [3.8, 4) is 0 Å². The number of benzene rings is 2. The summed E-state index contributed by atoms with van der Waals surface area (Å²) in [6, 6.07) is 17.0. The first-order chi connectivity index (χ1) is 14.8. The van der Waals surface area contributed by atoms with E-state index in [2.05, 4.69) is 12.2 Å². The highest BCUT2D eigenvalue weighted by Crippen LogP contribution is 2.93. The topological polar surface area (TPSA) is 68.3 Å². The van der Waals surface area contributed by atoms with Crippen molar-refractivity contribution in [3.05, 3.63) is 72.8 Å². The molecule has 6 heteroatoms. The molecule has 2 aromatic carbocycles. The molecule has 4 nitrogen and oxygen atoms in total. The van der Waals surface area contributed by atoms with Crippen molar-refractivity contribution in [2.45, 2.75) is 39.6 Å². The Morgan fingerprint density at radius 3 is 1.45 bits per heavy atom. The van der Waals surface area contributed by atoms with E-state index in [0.29, 0.717) is 11.8 Å². The molecule has 8 atom stereocenters. The van der Waals surface area contributed by atoms with Gasteiger partial charge in [-0.2, -0.15) is 0 Å². The average molecular weight is 453 g/mol. The number of sulfone groups is 2. The Labute approximate surface area is 183 Å². The fourth-order valence-corrected chi connectivity index (χ4v) is 13.9. The quantitative estimate of drug-likeness (QED) is 0.660. The molecule has 5 aliphatic carbocycles. The van der Waals surface area contributed by atoms with Gasteiger partial charge in [0.1, 0.15) is 0 Å². The molecular formula is C25H24O4S2. The molecule has 0 spiro atoms. The Balaban J connectivity index is 1.44. The van der Waals surface area contributed by atoms with Gasteiger partial charge in [-0.25, -0.2) is 16.8 Å². The second-order valence-corrected chi connectivity index (χ2v) is 14.4. The zero-order valence-electron chi connectivity index (χ0n) is 17.0. The number of allylic oxidation sites excluding steroid dienone is 2. The molecule has 0 saturated heterocycles. The van der Waals surface area contributed by atoms with Gasteiger partial charge in [-0.05, 0) is 78.0 Å². The largest absolute Gasteiger partial charge is 0.223 e. The van der Waals surface area contributed by atoms with Crippen molar-refractivity contribution in [2.75, 3.05) is 0 Å². The van der Waals surface area contributed by atoms with Crippen LogP contribution in [0.5, 0.6) is 0 Å². The molecule has 4 saturated carbocycles. The van der Waals surface area contributed by atoms with Crippen LogP contribution in [0.4, 0.5) is 0 Å². The molecule has 4 fully saturated rings. The molecule has 0 heterocycles. The van der Waals surface area contributed by atoms with E-state index in [4.69, 9.17) is 0 Å². The van der Waals surface area contributed by atoms with Gasteiger partial charge in [0.2, 0.25) is 0 Å². The summed E-state index contributed by atoms with van der Waals surface area (Å²) < 4.78 is 55.9. The molecule has 0 aromatic heterocycles.